The van der Waals surface area contributed by atoms with E-state index in [-0.39, 0.29) is 4.80 Å². The van der Waals surface area contributed by atoms with E-state index in [4.69, 9.17) is 23.2 Å². The molecule has 0 bridgehead atoms. The third-order valence-electron chi connectivity index (χ3n) is 2.84. The molecule has 2 atom stereocenters. The van der Waals surface area contributed by atoms with Crippen LogP contribution in [0.15, 0.2) is 34.1 Å². The number of halogens is 2. The first-order chi connectivity index (χ1) is 10.8. The van der Waals surface area contributed by atoms with Crippen molar-refractivity contribution < 1.29 is 9.59 Å². The fourth-order valence-electron chi connectivity index (χ4n) is 1.64. The standard InChI is InChI=1S/C14H13Cl2N3O3S/c1-7(15)11(20)17-14-19(18-12(21)8(2)16)13(22)9-5-3-4-6-10(9)23-14/h3-8H,1-2H3,(H,18,21). The summed E-state index contributed by atoms with van der Waals surface area (Å²) in [5.41, 5.74) is 1.87. The normalized spacial score (nSPS) is 14.5. The summed E-state index contributed by atoms with van der Waals surface area (Å²) in [6, 6.07) is 6.81. The number of hydrogen-bond acceptors (Lipinski definition) is 4. The van der Waals surface area contributed by atoms with Gasteiger partial charge in [-0.15, -0.1) is 23.2 Å². The lowest BCUT2D eigenvalue weighted by molar-refractivity contribution is -0.118. The molecular weight excluding hydrogens is 361 g/mol. The molecular formula is C14H13Cl2N3O3S. The molecule has 2 unspecified atom stereocenters. The van der Waals surface area contributed by atoms with Crippen LogP contribution in [0.5, 0.6) is 0 Å². The maximum absolute atomic E-state index is 12.6. The van der Waals surface area contributed by atoms with Crippen molar-refractivity contribution in [3.05, 3.63) is 39.4 Å². The van der Waals surface area contributed by atoms with Crippen LogP contribution in [0.25, 0.3) is 10.1 Å². The number of alkyl halides is 2. The molecule has 2 aromatic rings. The third kappa shape index (κ3) is 3.99. The topological polar surface area (TPSA) is 80.5 Å². The van der Waals surface area contributed by atoms with Crippen molar-refractivity contribution in [3.8, 4) is 0 Å². The monoisotopic (exact) mass is 373 g/mol. The van der Waals surface area contributed by atoms with E-state index < -0.39 is 28.1 Å². The molecule has 0 fully saturated rings. The average molecular weight is 374 g/mol. The first-order valence-electron chi connectivity index (χ1n) is 6.63. The summed E-state index contributed by atoms with van der Waals surface area (Å²) < 4.78 is 1.56. The Hall–Kier alpha value is -1.70. The van der Waals surface area contributed by atoms with E-state index in [1.165, 1.54) is 13.8 Å². The molecule has 0 aliphatic heterocycles. The number of hydrogen-bond donors (Lipinski definition) is 1. The van der Waals surface area contributed by atoms with Gasteiger partial charge in [0, 0.05) is 4.70 Å². The molecule has 0 saturated heterocycles. The largest absolute Gasteiger partial charge is 0.280 e. The van der Waals surface area contributed by atoms with Gasteiger partial charge in [-0.2, -0.15) is 9.67 Å². The minimum atomic E-state index is -0.853. The number of aromatic nitrogens is 1. The Morgan fingerprint density at radius 2 is 1.87 bits per heavy atom. The number of carbonyl (C=O) groups is 2. The summed E-state index contributed by atoms with van der Waals surface area (Å²) in [6.45, 7) is 2.94. The molecule has 2 rings (SSSR count). The molecule has 122 valence electrons. The summed E-state index contributed by atoms with van der Waals surface area (Å²) in [5.74, 6) is -1.20. The van der Waals surface area contributed by atoms with E-state index in [1.54, 1.807) is 24.3 Å². The van der Waals surface area contributed by atoms with E-state index in [2.05, 4.69) is 10.4 Å². The van der Waals surface area contributed by atoms with Gasteiger partial charge in [0.15, 0.2) is 0 Å². The van der Waals surface area contributed by atoms with Gasteiger partial charge >= 0.3 is 0 Å². The fraction of sp³-hybridized carbons (Fsp3) is 0.286. The lowest BCUT2D eigenvalue weighted by Crippen LogP contribution is -2.44. The smallest absolute Gasteiger partial charge is 0.272 e. The summed E-state index contributed by atoms with van der Waals surface area (Å²) in [7, 11) is 0. The number of carbonyl (C=O) groups excluding carboxylic acids is 2. The lowest BCUT2D eigenvalue weighted by Gasteiger charge is -2.10. The van der Waals surface area contributed by atoms with E-state index in [0.29, 0.717) is 10.1 Å². The minimum absolute atomic E-state index is 0.0249. The first kappa shape index (κ1) is 17.7. The van der Waals surface area contributed by atoms with Gasteiger partial charge in [-0.05, 0) is 26.0 Å². The average Bonchev–Trinajstić information content (AvgIpc) is 2.50. The highest BCUT2D eigenvalue weighted by Gasteiger charge is 2.15. The molecule has 2 amide bonds. The maximum Gasteiger partial charge on any atom is 0.280 e. The van der Waals surface area contributed by atoms with Crippen LogP contribution < -0.4 is 15.8 Å². The highest BCUT2D eigenvalue weighted by atomic mass is 35.5. The molecule has 23 heavy (non-hydrogen) atoms. The Balaban J connectivity index is 2.74. The van der Waals surface area contributed by atoms with Crippen LogP contribution in [0.1, 0.15) is 13.8 Å². The van der Waals surface area contributed by atoms with Crippen molar-refractivity contribution in [3.63, 3.8) is 0 Å². The molecule has 1 aromatic heterocycles. The van der Waals surface area contributed by atoms with E-state index in [0.717, 1.165) is 16.0 Å². The van der Waals surface area contributed by atoms with Crippen LogP contribution in [-0.2, 0) is 9.59 Å². The summed E-state index contributed by atoms with van der Waals surface area (Å²) >= 11 is 12.5. The van der Waals surface area contributed by atoms with Crippen molar-refractivity contribution in [2.24, 2.45) is 4.99 Å². The first-order valence-corrected chi connectivity index (χ1v) is 8.32. The Bertz CT molecular complexity index is 887. The van der Waals surface area contributed by atoms with Crippen LogP contribution in [0.3, 0.4) is 0 Å². The highest BCUT2D eigenvalue weighted by molar-refractivity contribution is 7.16. The maximum atomic E-state index is 12.6. The zero-order valence-electron chi connectivity index (χ0n) is 12.2. The van der Waals surface area contributed by atoms with E-state index in [1.807, 2.05) is 0 Å². The van der Waals surface area contributed by atoms with Crippen LogP contribution in [-0.4, -0.2) is 27.2 Å². The second kappa shape index (κ2) is 7.25. The molecule has 0 aliphatic carbocycles. The van der Waals surface area contributed by atoms with Crippen LogP contribution in [0.2, 0.25) is 0 Å². The van der Waals surface area contributed by atoms with Gasteiger partial charge in [0.2, 0.25) is 4.80 Å². The molecule has 1 aromatic carbocycles. The number of nitrogens with one attached hydrogen (secondary N) is 1. The molecule has 0 spiro atoms. The number of nitrogens with zero attached hydrogens (tertiary/aromatic N) is 2. The molecule has 0 aliphatic rings. The zero-order chi connectivity index (χ0) is 17.1. The van der Waals surface area contributed by atoms with Crippen molar-refractivity contribution in [2.75, 3.05) is 5.43 Å². The predicted octanol–water partition coefficient (Wildman–Crippen LogP) is 1.81. The lowest BCUT2D eigenvalue weighted by atomic mass is 10.3. The van der Waals surface area contributed by atoms with Crippen molar-refractivity contribution in [1.29, 1.82) is 0 Å². The Morgan fingerprint density at radius 3 is 2.48 bits per heavy atom. The number of amides is 2. The second-order valence-electron chi connectivity index (χ2n) is 4.68. The molecule has 9 heteroatoms. The Kier molecular flexibility index (Phi) is 5.56. The van der Waals surface area contributed by atoms with Gasteiger partial charge < -0.3 is 0 Å². The van der Waals surface area contributed by atoms with E-state index >= 15 is 0 Å². The minimum Gasteiger partial charge on any atom is -0.272 e. The quantitative estimate of drug-likeness (QED) is 0.833. The van der Waals surface area contributed by atoms with Crippen molar-refractivity contribution >= 4 is 56.4 Å². The molecule has 6 nitrogen and oxygen atoms in total. The SMILES string of the molecule is CC(Cl)C(=O)N=c1sc2ccccc2c(=O)n1NC(=O)C(C)Cl. The van der Waals surface area contributed by atoms with Gasteiger partial charge in [0.1, 0.15) is 10.8 Å². The Labute approximate surface area is 145 Å². The van der Waals surface area contributed by atoms with Crippen LogP contribution >= 0.6 is 34.5 Å². The van der Waals surface area contributed by atoms with Gasteiger partial charge in [-0.3, -0.25) is 19.8 Å². The molecule has 0 radical (unpaired) electrons. The van der Waals surface area contributed by atoms with Crippen LogP contribution in [0, 0.1) is 0 Å². The number of rotatable bonds is 3. The highest BCUT2D eigenvalue weighted by Crippen LogP contribution is 2.11. The number of fused-ring (bicyclic) bond motifs is 1. The molecule has 1 N–H and O–H groups in total. The number of benzene rings is 1. The fourth-order valence-corrected chi connectivity index (χ4v) is 2.70. The molecule has 0 saturated carbocycles. The van der Waals surface area contributed by atoms with Crippen molar-refractivity contribution in [1.82, 2.24) is 4.68 Å². The summed E-state index contributed by atoms with van der Waals surface area (Å²) in [4.78, 5) is 40.0. The third-order valence-corrected chi connectivity index (χ3v) is 4.26. The van der Waals surface area contributed by atoms with Gasteiger partial charge in [-0.1, -0.05) is 23.5 Å². The Morgan fingerprint density at radius 1 is 1.22 bits per heavy atom. The van der Waals surface area contributed by atoms with Gasteiger partial charge in [0.25, 0.3) is 17.4 Å². The second-order valence-corrected chi connectivity index (χ2v) is 7.00. The predicted molar refractivity (Wildman–Crippen MR) is 91.7 cm³/mol. The van der Waals surface area contributed by atoms with E-state index in [9.17, 15) is 14.4 Å². The van der Waals surface area contributed by atoms with Gasteiger partial charge in [-0.25, -0.2) is 0 Å². The van der Waals surface area contributed by atoms with Crippen molar-refractivity contribution in [2.45, 2.75) is 24.6 Å². The summed E-state index contributed by atoms with van der Waals surface area (Å²) in [6.07, 6.45) is 0. The zero-order valence-corrected chi connectivity index (χ0v) is 14.6. The van der Waals surface area contributed by atoms with Crippen LogP contribution in [0.4, 0.5) is 0 Å². The van der Waals surface area contributed by atoms with Gasteiger partial charge in [0.05, 0.1) is 5.39 Å². The molecule has 1 heterocycles. The summed E-state index contributed by atoms with van der Waals surface area (Å²) in [5, 5.41) is -1.31.